The van der Waals surface area contributed by atoms with E-state index in [1.165, 1.54) is 6.92 Å². The van der Waals surface area contributed by atoms with Crippen LogP contribution in [-0.2, 0) is 10.0 Å². The molecule has 0 aromatic carbocycles. The summed E-state index contributed by atoms with van der Waals surface area (Å²) in [5.74, 6) is 0. The first kappa shape index (κ1) is 12.9. The first-order valence-corrected chi connectivity index (χ1v) is 5.83. The average molecular weight is 209 g/mol. The molecule has 5 heteroatoms. The van der Waals surface area contributed by atoms with Gasteiger partial charge < -0.3 is 5.11 Å². The molecule has 1 unspecified atom stereocenters. The van der Waals surface area contributed by atoms with Crippen LogP contribution in [0.15, 0.2) is 0 Å². The van der Waals surface area contributed by atoms with Crippen LogP contribution in [-0.4, -0.2) is 31.9 Å². The predicted octanol–water partition coefficient (Wildman–Crippen LogP) is 0.333. The number of sulfonamides is 1. The van der Waals surface area contributed by atoms with Gasteiger partial charge in [0.2, 0.25) is 10.0 Å². The Morgan fingerprint density at radius 2 is 1.85 bits per heavy atom. The Balaban J connectivity index is 4.21. The molecule has 0 saturated carbocycles. The van der Waals surface area contributed by atoms with Crippen molar-refractivity contribution in [1.29, 1.82) is 0 Å². The number of rotatable bonds is 4. The second kappa shape index (κ2) is 4.39. The van der Waals surface area contributed by atoms with E-state index >= 15 is 0 Å². The van der Waals surface area contributed by atoms with Crippen LogP contribution in [0.1, 0.15) is 27.7 Å². The van der Waals surface area contributed by atoms with Gasteiger partial charge in [0.05, 0.1) is 11.9 Å². The molecule has 0 radical (unpaired) electrons. The van der Waals surface area contributed by atoms with E-state index in [-0.39, 0.29) is 12.0 Å². The Hall–Kier alpha value is -0.130. The first-order valence-electron chi connectivity index (χ1n) is 4.28. The number of aliphatic hydroxyl groups is 1. The lowest BCUT2D eigenvalue weighted by Gasteiger charge is -2.20. The van der Waals surface area contributed by atoms with Crippen LogP contribution in [0.3, 0.4) is 0 Å². The highest BCUT2D eigenvalue weighted by molar-refractivity contribution is 7.90. The highest BCUT2D eigenvalue weighted by atomic mass is 32.2. The van der Waals surface area contributed by atoms with Gasteiger partial charge in [0.1, 0.15) is 0 Å². The first-order chi connectivity index (χ1) is 5.69. The quantitative estimate of drug-likeness (QED) is 0.701. The Morgan fingerprint density at radius 3 is 2.15 bits per heavy atom. The van der Waals surface area contributed by atoms with Gasteiger partial charge in [-0.1, -0.05) is 20.8 Å². The van der Waals surface area contributed by atoms with Crippen molar-refractivity contribution >= 4 is 10.0 Å². The minimum Gasteiger partial charge on any atom is -0.395 e. The fourth-order valence-electron chi connectivity index (χ4n) is 0.557. The van der Waals surface area contributed by atoms with Gasteiger partial charge in [0.15, 0.2) is 0 Å². The standard InChI is InChI=1S/C8H19NO3S/c1-7(5-10)13(11,12)9-6-8(2,3)4/h7,9-10H,5-6H2,1-4H3. The molecule has 0 aliphatic carbocycles. The summed E-state index contributed by atoms with van der Waals surface area (Å²) in [6.07, 6.45) is 0. The molecule has 0 amide bonds. The Labute approximate surface area is 80.4 Å². The number of nitrogens with one attached hydrogen (secondary N) is 1. The summed E-state index contributed by atoms with van der Waals surface area (Å²) >= 11 is 0. The largest absolute Gasteiger partial charge is 0.395 e. The zero-order valence-corrected chi connectivity index (χ0v) is 9.48. The van der Waals surface area contributed by atoms with Crippen LogP contribution in [0.25, 0.3) is 0 Å². The maximum Gasteiger partial charge on any atom is 0.216 e. The van der Waals surface area contributed by atoms with Gasteiger partial charge in [0, 0.05) is 6.54 Å². The maximum atomic E-state index is 11.3. The zero-order chi connectivity index (χ0) is 10.7. The third kappa shape index (κ3) is 5.23. The SMILES string of the molecule is CC(CO)S(=O)(=O)NCC(C)(C)C. The second-order valence-corrected chi connectivity index (χ2v) is 6.60. The summed E-state index contributed by atoms with van der Waals surface area (Å²) in [4.78, 5) is 0. The maximum absolute atomic E-state index is 11.3. The van der Waals surface area contributed by atoms with E-state index in [1.807, 2.05) is 20.8 Å². The summed E-state index contributed by atoms with van der Waals surface area (Å²) < 4.78 is 25.1. The Morgan fingerprint density at radius 1 is 1.38 bits per heavy atom. The van der Waals surface area contributed by atoms with E-state index in [0.717, 1.165) is 0 Å². The van der Waals surface area contributed by atoms with Crippen LogP contribution in [0.2, 0.25) is 0 Å². The summed E-state index contributed by atoms with van der Waals surface area (Å²) in [6.45, 7) is 7.35. The Bertz CT molecular complexity index is 241. The second-order valence-electron chi connectivity index (χ2n) is 4.42. The summed E-state index contributed by atoms with van der Waals surface area (Å²) in [7, 11) is -3.34. The third-order valence-corrected chi connectivity index (χ3v) is 3.35. The molecule has 0 aliphatic rings. The van der Waals surface area contributed by atoms with E-state index in [4.69, 9.17) is 5.11 Å². The molecule has 4 nitrogen and oxygen atoms in total. The molecular weight excluding hydrogens is 190 g/mol. The fourth-order valence-corrected chi connectivity index (χ4v) is 1.67. The van der Waals surface area contributed by atoms with Gasteiger partial charge in [-0.25, -0.2) is 13.1 Å². The van der Waals surface area contributed by atoms with Crippen molar-refractivity contribution < 1.29 is 13.5 Å². The van der Waals surface area contributed by atoms with Crippen LogP contribution < -0.4 is 4.72 Å². The van der Waals surface area contributed by atoms with Crippen LogP contribution in [0.4, 0.5) is 0 Å². The normalized spacial score (nSPS) is 15.8. The highest BCUT2D eigenvalue weighted by Crippen LogP contribution is 2.11. The molecule has 0 aliphatic heterocycles. The van der Waals surface area contributed by atoms with Crippen molar-refractivity contribution in [2.75, 3.05) is 13.2 Å². The molecule has 0 bridgehead atoms. The lowest BCUT2D eigenvalue weighted by molar-refractivity contribution is 0.294. The van der Waals surface area contributed by atoms with Crippen LogP contribution >= 0.6 is 0 Å². The minimum absolute atomic E-state index is 0.0811. The van der Waals surface area contributed by atoms with Crippen molar-refractivity contribution in [2.45, 2.75) is 32.9 Å². The van der Waals surface area contributed by atoms with Crippen molar-refractivity contribution in [3.8, 4) is 0 Å². The molecule has 0 aromatic rings. The summed E-state index contributed by atoms with van der Waals surface area (Å²) in [6, 6.07) is 0. The Kier molecular flexibility index (Phi) is 4.35. The molecular formula is C8H19NO3S. The van der Waals surface area contributed by atoms with E-state index in [9.17, 15) is 8.42 Å². The van der Waals surface area contributed by atoms with Gasteiger partial charge in [-0.05, 0) is 12.3 Å². The molecule has 0 heterocycles. The zero-order valence-electron chi connectivity index (χ0n) is 8.66. The van der Waals surface area contributed by atoms with Crippen molar-refractivity contribution in [3.63, 3.8) is 0 Å². The molecule has 0 saturated heterocycles. The van der Waals surface area contributed by atoms with Gasteiger partial charge >= 0.3 is 0 Å². The fraction of sp³-hybridized carbons (Fsp3) is 1.00. The minimum atomic E-state index is -3.34. The van der Waals surface area contributed by atoms with Crippen LogP contribution in [0.5, 0.6) is 0 Å². The summed E-state index contributed by atoms with van der Waals surface area (Å²) in [5, 5.41) is 7.94. The number of aliphatic hydroxyl groups excluding tert-OH is 1. The van der Waals surface area contributed by atoms with Gasteiger partial charge in [-0.2, -0.15) is 0 Å². The van der Waals surface area contributed by atoms with Crippen molar-refractivity contribution in [2.24, 2.45) is 5.41 Å². The van der Waals surface area contributed by atoms with E-state index in [0.29, 0.717) is 6.54 Å². The molecule has 0 fully saturated rings. The topological polar surface area (TPSA) is 66.4 Å². The number of hydrogen-bond donors (Lipinski definition) is 2. The number of hydrogen-bond acceptors (Lipinski definition) is 3. The van der Waals surface area contributed by atoms with Crippen molar-refractivity contribution in [3.05, 3.63) is 0 Å². The van der Waals surface area contributed by atoms with E-state index in [1.54, 1.807) is 0 Å². The molecule has 13 heavy (non-hydrogen) atoms. The van der Waals surface area contributed by atoms with Crippen molar-refractivity contribution in [1.82, 2.24) is 4.72 Å². The molecule has 2 N–H and O–H groups in total. The predicted molar refractivity (Wildman–Crippen MR) is 52.9 cm³/mol. The lowest BCUT2D eigenvalue weighted by atomic mass is 9.98. The van der Waals surface area contributed by atoms with Crippen LogP contribution in [0, 0.1) is 5.41 Å². The lowest BCUT2D eigenvalue weighted by Crippen LogP contribution is -2.39. The van der Waals surface area contributed by atoms with E-state index < -0.39 is 15.3 Å². The molecule has 0 rings (SSSR count). The monoisotopic (exact) mass is 209 g/mol. The van der Waals surface area contributed by atoms with Gasteiger partial charge in [-0.15, -0.1) is 0 Å². The molecule has 1 atom stereocenters. The summed E-state index contributed by atoms with van der Waals surface area (Å²) in [5.41, 5.74) is -0.0811. The average Bonchev–Trinajstić information content (AvgIpc) is 1.98. The third-order valence-electron chi connectivity index (χ3n) is 1.59. The van der Waals surface area contributed by atoms with E-state index in [2.05, 4.69) is 4.72 Å². The van der Waals surface area contributed by atoms with Gasteiger partial charge in [-0.3, -0.25) is 0 Å². The highest BCUT2D eigenvalue weighted by Gasteiger charge is 2.21. The smallest absolute Gasteiger partial charge is 0.216 e. The molecule has 0 spiro atoms. The molecule has 80 valence electrons. The molecule has 0 aromatic heterocycles. The van der Waals surface area contributed by atoms with Gasteiger partial charge in [0.25, 0.3) is 0 Å².